The van der Waals surface area contributed by atoms with Crippen LogP contribution in [-0.2, 0) is 16.0 Å². The number of nitrogens with zero attached hydrogens (tertiary/aromatic N) is 1. The molecule has 166 valence electrons. The van der Waals surface area contributed by atoms with Crippen LogP contribution in [-0.4, -0.2) is 12.6 Å². The Morgan fingerprint density at radius 2 is 1.15 bits per heavy atom. The molecule has 4 rings (SSSR count). The third-order valence-corrected chi connectivity index (χ3v) is 5.55. The lowest BCUT2D eigenvalue weighted by Crippen LogP contribution is -2.13. The van der Waals surface area contributed by atoms with Gasteiger partial charge in [-0.15, -0.1) is 0 Å². The first-order valence-corrected chi connectivity index (χ1v) is 11.4. The van der Waals surface area contributed by atoms with Gasteiger partial charge in [-0.3, -0.25) is 4.79 Å². The summed E-state index contributed by atoms with van der Waals surface area (Å²) in [6.45, 7) is 4.10. The van der Waals surface area contributed by atoms with Gasteiger partial charge in [-0.25, -0.2) is 0 Å². The Morgan fingerprint density at radius 1 is 0.667 bits per heavy atom. The molecule has 4 aromatic carbocycles. The van der Waals surface area contributed by atoms with E-state index in [-0.39, 0.29) is 11.9 Å². The molecule has 0 aromatic heterocycles. The molecule has 3 nitrogen and oxygen atoms in total. The fourth-order valence-corrected chi connectivity index (χ4v) is 3.71. The summed E-state index contributed by atoms with van der Waals surface area (Å²) in [7, 11) is 0. The second-order valence-electron chi connectivity index (χ2n) is 8.32. The van der Waals surface area contributed by atoms with Crippen LogP contribution in [0.25, 0.3) is 11.1 Å². The predicted molar refractivity (Wildman–Crippen MR) is 136 cm³/mol. The number of anilines is 3. The van der Waals surface area contributed by atoms with Gasteiger partial charge in [0.1, 0.15) is 0 Å². The monoisotopic (exact) mass is 435 g/mol. The Labute approximate surface area is 196 Å². The summed E-state index contributed by atoms with van der Waals surface area (Å²) in [6, 6.07) is 37.9. The van der Waals surface area contributed by atoms with E-state index in [1.165, 1.54) is 11.1 Å². The van der Waals surface area contributed by atoms with Gasteiger partial charge in [0.25, 0.3) is 0 Å². The quantitative estimate of drug-likeness (QED) is 0.267. The van der Waals surface area contributed by atoms with E-state index in [1.807, 2.05) is 26.0 Å². The summed E-state index contributed by atoms with van der Waals surface area (Å²) in [4.78, 5) is 13.9. The van der Waals surface area contributed by atoms with Crippen LogP contribution in [0.3, 0.4) is 0 Å². The molecule has 0 aliphatic carbocycles. The van der Waals surface area contributed by atoms with Gasteiger partial charge >= 0.3 is 5.97 Å². The number of carbonyl (C=O) groups is 1. The normalized spacial score (nSPS) is 10.8. The van der Waals surface area contributed by atoms with E-state index in [9.17, 15) is 4.79 Å². The van der Waals surface area contributed by atoms with Crippen molar-refractivity contribution in [3.05, 3.63) is 115 Å². The SMILES string of the molecule is CC(C)C(=O)OCCc1ccc(N(c2ccccc2)c2ccc(-c3ccccc3)cc2)cc1. The van der Waals surface area contributed by atoms with Crippen molar-refractivity contribution < 1.29 is 9.53 Å². The molecule has 33 heavy (non-hydrogen) atoms. The predicted octanol–water partition coefficient (Wildman–Crippen LogP) is 7.57. The minimum absolute atomic E-state index is 0.0971. The van der Waals surface area contributed by atoms with E-state index in [4.69, 9.17) is 4.74 Å². The molecule has 0 saturated heterocycles. The lowest BCUT2D eigenvalue weighted by molar-refractivity contribution is -0.147. The van der Waals surface area contributed by atoms with E-state index in [0.717, 1.165) is 22.6 Å². The van der Waals surface area contributed by atoms with Gasteiger partial charge in [-0.2, -0.15) is 0 Å². The van der Waals surface area contributed by atoms with Crippen molar-refractivity contribution in [2.45, 2.75) is 20.3 Å². The van der Waals surface area contributed by atoms with E-state index >= 15 is 0 Å². The summed E-state index contributed by atoms with van der Waals surface area (Å²) < 4.78 is 5.32. The number of carbonyl (C=O) groups excluding carboxylic acids is 1. The summed E-state index contributed by atoms with van der Waals surface area (Å²) in [5.74, 6) is -0.249. The molecule has 0 saturated carbocycles. The number of ether oxygens (including phenoxy) is 1. The van der Waals surface area contributed by atoms with E-state index in [0.29, 0.717) is 13.0 Å². The van der Waals surface area contributed by atoms with Crippen LogP contribution >= 0.6 is 0 Å². The van der Waals surface area contributed by atoms with Crippen molar-refractivity contribution in [3.63, 3.8) is 0 Å². The molecule has 0 N–H and O–H groups in total. The molecule has 0 atom stereocenters. The van der Waals surface area contributed by atoms with Gasteiger partial charge in [0, 0.05) is 23.5 Å². The van der Waals surface area contributed by atoms with Gasteiger partial charge in [-0.05, 0) is 53.1 Å². The standard InChI is InChI=1S/C30H29NO2/c1-23(2)30(32)33-22-21-24-13-17-28(18-14-24)31(27-11-7-4-8-12-27)29-19-15-26(16-20-29)25-9-5-3-6-10-25/h3-20,23H,21-22H2,1-2H3. The molecule has 0 heterocycles. The van der Waals surface area contributed by atoms with Crippen LogP contribution in [0, 0.1) is 5.92 Å². The molecular weight excluding hydrogens is 406 g/mol. The van der Waals surface area contributed by atoms with Crippen LogP contribution in [0.1, 0.15) is 19.4 Å². The Hall–Kier alpha value is -3.85. The van der Waals surface area contributed by atoms with Gasteiger partial charge in [0.15, 0.2) is 0 Å². The zero-order valence-electron chi connectivity index (χ0n) is 19.1. The molecule has 0 spiro atoms. The minimum atomic E-state index is -0.152. The Kier molecular flexibility index (Phi) is 7.21. The van der Waals surface area contributed by atoms with E-state index in [1.54, 1.807) is 0 Å². The highest BCUT2D eigenvalue weighted by molar-refractivity contribution is 5.78. The molecule has 0 fully saturated rings. The van der Waals surface area contributed by atoms with Crippen molar-refractivity contribution in [2.75, 3.05) is 11.5 Å². The van der Waals surface area contributed by atoms with Crippen molar-refractivity contribution >= 4 is 23.0 Å². The second kappa shape index (κ2) is 10.6. The molecule has 0 unspecified atom stereocenters. The van der Waals surface area contributed by atoms with Crippen LogP contribution in [0.2, 0.25) is 0 Å². The molecule has 0 aliphatic heterocycles. The molecule has 0 radical (unpaired) electrons. The fraction of sp³-hybridized carbons (Fsp3) is 0.167. The minimum Gasteiger partial charge on any atom is -0.465 e. The van der Waals surface area contributed by atoms with E-state index in [2.05, 4.69) is 102 Å². The number of esters is 1. The number of hydrogen-bond donors (Lipinski definition) is 0. The third-order valence-electron chi connectivity index (χ3n) is 5.55. The zero-order valence-corrected chi connectivity index (χ0v) is 19.1. The highest BCUT2D eigenvalue weighted by atomic mass is 16.5. The topological polar surface area (TPSA) is 29.5 Å². The Morgan fingerprint density at radius 3 is 1.73 bits per heavy atom. The second-order valence-corrected chi connectivity index (χ2v) is 8.32. The van der Waals surface area contributed by atoms with Crippen LogP contribution < -0.4 is 4.90 Å². The first-order valence-electron chi connectivity index (χ1n) is 11.4. The largest absolute Gasteiger partial charge is 0.465 e. The highest BCUT2D eigenvalue weighted by Gasteiger charge is 2.13. The summed E-state index contributed by atoms with van der Waals surface area (Å²) in [5.41, 5.74) is 6.82. The number of hydrogen-bond acceptors (Lipinski definition) is 3. The lowest BCUT2D eigenvalue weighted by Gasteiger charge is -2.26. The van der Waals surface area contributed by atoms with Crippen LogP contribution in [0.15, 0.2) is 109 Å². The van der Waals surface area contributed by atoms with Crippen molar-refractivity contribution in [3.8, 4) is 11.1 Å². The summed E-state index contributed by atoms with van der Waals surface area (Å²) in [6.07, 6.45) is 0.704. The molecular formula is C30H29NO2. The Bertz CT molecular complexity index is 1150. The molecule has 3 heteroatoms. The molecule has 4 aromatic rings. The first kappa shape index (κ1) is 22.3. The average molecular weight is 436 g/mol. The molecule has 0 aliphatic rings. The Balaban J connectivity index is 1.56. The van der Waals surface area contributed by atoms with Gasteiger partial charge < -0.3 is 9.64 Å². The average Bonchev–Trinajstić information content (AvgIpc) is 2.87. The zero-order chi connectivity index (χ0) is 23.0. The number of benzene rings is 4. The summed E-state index contributed by atoms with van der Waals surface area (Å²) >= 11 is 0. The number of rotatable bonds is 8. The van der Waals surface area contributed by atoms with Crippen molar-refractivity contribution in [1.82, 2.24) is 0 Å². The highest BCUT2D eigenvalue weighted by Crippen LogP contribution is 2.35. The number of para-hydroxylation sites is 1. The van der Waals surface area contributed by atoms with E-state index < -0.39 is 0 Å². The summed E-state index contributed by atoms with van der Waals surface area (Å²) in [5, 5.41) is 0. The van der Waals surface area contributed by atoms with Gasteiger partial charge in [-0.1, -0.05) is 86.6 Å². The lowest BCUT2D eigenvalue weighted by atomic mass is 10.0. The maximum absolute atomic E-state index is 11.7. The van der Waals surface area contributed by atoms with Gasteiger partial charge in [0.05, 0.1) is 12.5 Å². The first-order chi connectivity index (χ1) is 16.1. The maximum atomic E-state index is 11.7. The van der Waals surface area contributed by atoms with Crippen molar-refractivity contribution in [2.24, 2.45) is 5.92 Å². The molecule has 0 bridgehead atoms. The maximum Gasteiger partial charge on any atom is 0.308 e. The molecule has 0 amide bonds. The van der Waals surface area contributed by atoms with Crippen LogP contribution in [0.5, 0.6) is 0 Å². The van der Waals surface area contributed by atoms with Crippen LogP contribution in [0.4, 0.5) is 17.1 Å². The third kappa shape index (κ3) is 5.69. The van der Waals surface area contributed by atoms with Crippen molar-refractivity contribution in [1.29, 1.82) is 0 Å². The smallest absolute Gasteiger partial charge is 0.308 e. The fourth-order valence-electron chi connectivity index (χ4n) is 3.71. The van der Waals surface area contributed by atoms with Gasteiger partial charge in [0.2, 0.25) is 0 Å².